The first-order chi connectivity index (χ1) is 13.8. The van der Waals surface area contributed by atoms with Gasteiger partial charge >= 0.3 is 12.1 Å². The molecule has 0 saturated carbocycles. The number of rotatable bonds is 4. The van der Waals surface area contributed by atoms with Gasteiger partial charge in [-0.3, -0.25) is 0 Å². The smallest absolute Gasteiger partial charge is 0.431 e. The van der Waals surface area contributed by atoms with Crippen LogP contribution in [0, 0.1) is 0 Å². The van der Waals surface area contributed by atoms with Gasteiger partial charge in [0.2, 0.25) is 5.96 Å². The third kappa shape index (κ3) is 4.71. The maximum absolute atomic E-state index is 13.8. The van der Waals surface area contributed by atoms with Crippen LogP contribution in [0.4, 0.5) is 18.9 Å². The minimum absolute atomic E-state index is 0.0818. The summed E-state index contributed by atoms with van der Waals surface area (Å²) >= 11 is 6.21. The lowest BCUT2D eigenvalue weighted by atomic mass is 9.95. The summed E-state index contributed by atoms with van der Waals surface area (Å²) < 4.78 is 46.4. The third-order valence-corrected chi connectivity index (χ3v) is 4.40. The van der Waals surface area contributed by atoms with E-state index in [-0.39, 0.29) is 23.2 Å². The molecule has 2 N–H and O–H groups in total. The average Bonchev–Trinajstić information content (AvgIpc) is 2.68. The summed E-state index contributed by atoms with van der Waals surface area (Å²) in [6, 6.07) is 13.6. The lowest BCUT2D eigenvalue weighted by molar-refractivity contribution is -0.140. The highest BCUT2D eigenvalue weighted by atomic mass is 35.5. The molecule has 0 fully saturated rings. The van der Waals surface area contributed by atoms with E-state index in [1.165, 1.54) is 19.1 Å². The Morgan fingerprint density at radius 3 is 2.45 bits per heavy atom. The van der Waals surface area contributed by atoms with Crippen LogP contribution in [0.3, 0.4) is 0 Å². The van der Waals surface area contributed by atoms with E-state index >= 15 is 0 Å². The molecule has 1 aliphatic heterocycles. The molecule has 5 nitrogen and oxygen atoms in total. The van der Waals surface area contributed by atoms with Gasteiger partial charge in [0, 0.05) is 16.3 Å². The molecule has 2 aromatic rings. The number of nitrogens with one attached hydrogen (secondary N) is 2. The molecule has 0 radical (unpaired) electrons. The van der Waals surface area contributed by atoms with Gasteiger partial charge in [-0.1, -0.05) is 48.0 Å². The van der Waals surface area contributed by atoms with E-state index in [0.717, 1.165) is 0 Å². The van der Waals surface area contributed by atoms with Gasteiger partial charge in [0.05, 0.1) is 12.2 Å². The summed E-state index contributed by atoms with van der Waals surface area (Å²) in [7, 11) is 0. The zero-order valence-electron chi connectivity index (χ0n) is 15.3. The Morgan fingerprint density at radius 1 is 1.17 bits per heavy atom. The molecular weight excluding hydrogens is 407 g/mol. The fraction of sp³-hybridized carbons (Fsp3) is 0.200. The molecule has 1 heterocycles. The zero-order chi connectivity index (χ0) is 21.0. The molecule has 0 bridgehead atoms. The largest absolute Gasteiger partial charge is 0.463 e. The second-order valence-electron chi connectivity index (χ2n) is 6.02. The number of allylic oxidation sites excluding steroid dienone is 1. The summed E-state index contributed by atoms with van der Waals surface area (Å²) in [5.74, 6) is -1.28. The Labute approximate surface area is 170 Å². The van der Waals surface area contributed by atoms with E-state index in [1.54, 1.807) is 42.5 Å². The number of anilines is 1. The number of para-hydroxylation sites is 1. The second kappa shape index (κ2) is 8.57. The number of esters is 1. The fourth-order valence-corrected chi connectivity index (χ4v) is 3.08. The van der Waals surface area contributed by atoms with Crippen molar-refractivity contribution in [1.82, 2.24) is 5.32 Å². The van der Waals surface area contributed by atoms with E-state index in [1.807, 2.05) is 0 Å². The predicted molar refractivity (Wildman–Crippen MR) is 105 cm³/mol. The number of hydrogen-bond donors (Lipinski definition) is 2. The summed E-state index contributed by atoms with van der Waals surface area (Å²) in [6.45, 7) is 1.43. The first-order valence-electron chi connectivity index (χ1n) is 8.71. The van der Waals surface area contributed by atoms with E-state index in [0.29, 0.717) is 5.69 Å². The van der Waals surface area contributed by atoms with Crippen LogP contribution in [0.5, 0.6) is 0 Å². The van der Waals surface area contributed by atoms with Crippen molar-refractivity contribution in [3.63, 3.8) is 0 Å². The second-order valence-corrected chi connectivity index (χ2v) is 6.43. The van der Waals surface area contributed by atoms with Crippen LogP contribution in [-0.2, 0) is 9.53 Å². The highest BCUT2D eigenvalue weighted by Gasteiger charge is 2.45. The van der Waals surface area contributed by atoms with Crippen molar-refractivity contribution in [2.45, 2.75) is 19.1 Å². The fourth-order valence-electron chi connectivity index (χ4n) is 2.84. The normalized spacial score (nSPS) is 16.7. The van der Waals surface area contributed by atoms with Gasteiger partial charge < -0.3 is 15.4 Å². The molecule has 3 rings (SSSR count). The molecule has 0 aliphatic carbocycles. The van der Waals surface area contributed by atoms with Crippen LogP contribution in [0.1, 0.15) is 18.5 Å². The number of hydrogen-bond acceptors (Lipinski definition) is 5. The maximum atomic E-state index is 13.8. The zero-order valence-corrected chi connectivity index (χ0v) is 16.0. The first-order valence-corrected chi connectivity index (χ1v) is 9.09. The highest BCUT2D eigenvalue weighted by Crippen LogP contribution is 2.39. The van der Waals surface area contributed by atoms with Crippen molar-refractivity contribution in [3.8, 4) is 0 Å². The number of ether oxygens (including phenoxy) is 1. The molecule has 0 aromatic heterocycles. The van der Waals surface area contributed by atoms with Crippen LogP contribution in [0.15, 0.2) is 70.9 Å². The van der Waals surface area contributed by atoms with Crippen LogP contribution < -0.4 is 10.6 Å². The van der Waals surface area contributed by atoms with E-state index in [2.05, 4.69) is 15.6 Å². The van der Waals surface area contributed by atoms with Crippen molar-refractivity contribution >= 4 is 29.2 Å². The van der Waals surface area contributed by atoms with Gasteiger partial charge in [-0.05, 0) is 25.1 Å². The third-order valence-electron chi connectivity index (χ3n) is 4.06. The number of alkyl halides is 3. The predicted octanol–water partition coefficient (Wildman–Crippen LogP) is 4.83. The monoisotopic (exact) mass is 423 g/mol. The van der Waals surface area contributed by atoms with Crippen LogP contribution in [-0.4, -0.2) is 24.7 Å². The van der Waals surface area contributed by atoms with Crippen molar-refractivity contribution in [2.75, 3.05) is 11.9 Å². The average molecular weight is 424 g/mol. The number of nitrogens with zero attached hydrogens (tertiary/aromatic N) is 1. The number of carbonyl (C=O) groups excluding carboxylic acids is 1. The number of guanidine groups is 1. The van der Waals surface area contributed by atoms with Crippen molar-refractivity contribution in [2.24, 2.45) is 4.99 Å². The van der Waals surface area contributed by atoms with Gasteiger partial charge in [0.15, 0.2) is 0 Å². The number of carbonyl (C=O) groups is 1. The minimum atomic E-state index is -4.85. The summed E-state index contributed by atoms with van der Waals surface area (Å²) in [5.41, 5.74) is -1.11. The van der Waals surface area contributed by atoms with E-state index < -0.39 is 29.5 Å². The van der Waals surface area contributed by atoms with Gasteiger partial charge in [-0.25, -0.2) is 9.79 Å². The molecule has 1 aliphatic rings. The Balaban J connectivity index is 2.14. The van der Waals surface area contributed by atoms with Crippen molar-refractivity contribution in [1.29, 1.82) is 0 Å². The van der Waals surface area contributed by atoms with Crippen molar-refractivity contribution < 1.29 is 22.7 Å². The molecule has 0 spiro atoms. The minimum Gasteiger partial charge on any atom is -0.463 e. The Morgan fingerprint density at radius 2 is 1.83 bits per heavy atom. The summed E-state index contributed by atoms with van der Waals surface area (Å²) in [4.78, 5) is 16.8. The van der Waals surface area contributed by atoms with Crippen LogP contribution in [0.25, 0.3) is 0 Å². The maximum Gasteiger partial charge on any atom is 0.431 e. The van der Waals surface area contributed by atoms with Gasteiger partial charge in [0.25, 0.3) is 0 Å². The highest BCUT2D eigenvalue weighted by molar-refractivity contribution is 6.31. The molecule has 9 heteroatoms. The summed E-state index contributed by atoms with van der Waals surface area (Å²) in [5, 5.41) is 5.19. The molecule has 1 atom stereocenters. The van der Waals surface area contributed by atoms with Crippen LogP contribution in [0.2, 0.25) is 5.02 Å². The number of benzene rings is 2. The Hall–Kier alpha value is -3.00. The molecule has 0 amide bonds. The van der Waals surface area contributed by atoms with Crippen molar-refractivity contribution in [3.05, 3.63) is 76.5 Å². The lowest BCUT2D eigenvalue weighted by Gasteiger charge is -2.29. The molecule has 1 unspecified atom stereocenters. The molecule has 2 aromatic carbocycles. The quantitative estimate of drug-likeness (QED) is 0.691. The number of halogens is 4. The Bertz CT molecular complexity index is 959. The first kappa shape index (κ1) is 20.7. The standard InChI is InChI=1S/C20H17ClF3N3O2/c1-2-29-18(28)15-16(13-10-6-7-11-14(13)21)26-19(27-17(15)20(22,23)24)25-12-8-4-3-5-9-12/h3-11,16H,2H2,1H3,(H2,25,26,27). The SMILES string of the molecule is CCOC(=O)C1=C(C(F)(F)F)NC(Nc2ccccc2)=NC1c1ccccc1Cl. The molecule has 152 valence electrons. The van der Waals surface area contributed by atoms with E-state index in [4.69, 9.17) is 16.3 Å². The van der Waals surface area contributed by atoms with E-state index in [9.17, 15) is 18.0 Å². The van der Waals surface area contributed by atoms with Gasteiger partial charge in [0.1, 0.15) is 11.7 Å². The number of aliphatic imine (C=N–C) groups is 1. The topological polar surface area (TPSA) is 62.7 Å². The summed E-state index contributed by atoms with van der Waals surface area (Å²) in [6.07, 6.45) is -4.85. The van der Waals surface area contributed by atoms with Gasteiger partial charge in [-0.2, -0.15) is 13.2 Å². The molecular formula is C20H17ClF3N3O2. The molecule has 29 heavy (non-hydrogen) atoms. The van der Waals surface area contributed by atoms with Gasteiger partial charge in [-0.15, -0.1) is 0 Å². The Kier molecular flexibility index (Phi) is 6.12. The van der Waals surface area contributed by atoms with Crippen LogP contribution >= 0.6 is 11.6 Å². The molecule has 0 saturated heterocycles. The lowest BCUT2D eigenvalue weighted by Crippen LogP contribution is -2.42.